The molecule has 0 aliphatic carbocycles. The summed E-state index contributed by atoms with van der Waals surface area (Å²) >= 11 is 0. The summed E-state index contributed by atoms with van der Waals surface area (Å²) in [5, 5.41) is 1.06. The van der Waals surface area contributed by atoms with Crippen LogP contribution in [0, 0.1) is 5.92 Å². The van der Waals surface area contributed by atoms with E-state index in [-0.39, 0.29) is 5.91 Å². The molecule has 5 rings (SSSR count). The first-order valence-electron chi connectivity index (χ1n) is 11.0. The number of hydrogen-bond acceptors (Lipinski definition) is 3. The quantitative estimate of drug-likeness (QED) is 0.646. The zero-order chi connectivity index (χ0) is 20.3. The second-order valence-corrected chi connectivity index (χ2v) is 8.38. The molecule has 1 aromatic heterocycles. The van der Waals surface area contributed by atoms with E-state index in [1.807, 2.05) is 11.0 Å². The van der Waals surface area contributed by atoms with Gasteiger partial charge in [0.25, 0.3) is 5.91 Å². The number of morpholine rings is 1. The molecule has 30 heavy (non-hydrogen) atoms. The molecule has 2 aromatic carbocycles. The number of anilines is 1. The summed E-state index contributed by atoms with van der Waals surface area (Å²) in [4.78, 5) is 17.6. The van der Waals surface area contributed by atoms with Gasteiger partial charge in [-0.25, -0.2) is 0 Å². The number of fused-ring (bicyclic) bond motifs is 1. The molecule has 2 fully saturated rings. The van der Waals surface area contributed by atoms with Crippen LogP contribution in [0.25, 0.3) is 10.9 Å². The van der Waals surface area contributed by atoms with Gasteiger partial charge in [0.2, 0.25) is 0 Å². The minimum atomic E-state index is 0.129. The minimum Gasteiger partial charge on any atom is -0.378 e. The first-order valence-corrected chi connectivity index (χ1v) is 11.0. The molecule has 1 atom stereocenters. The van der Waals surface area contributed by atoms with Crippen LogP contribution in [0.3, 0.4) is 0 Å². The van der Waals surface area contributed by atoms with Crippen LogP contribution in [0.4, 0.5) is 5.69 Å². The molecular weight excluding hydrogens is 374 g/mol. The van der Waals surface area contributed by atoms with Gasteiger partial charge in [-0.3, -0.25) is 4.79 Å². The molecule has 3 heterocycles. The maximum absolute atomic E-state index is 13.1. The van der Waals surface area contributed by atoms with Crippen LogP contribution in [0.5, 0.6) is 0 Å². The highest BCUT2D eigenvalue weighted by Crippen LogP contribution is 2.28. The fourth-order valence-corrected chi connectivity index (χ4v) is 4.80. The third-order valence-corrected chi connectivity index (χ3v) is 6.50. The number of benzene rings is 2. The normalized spacial score (nSPS) is 19.5. The van der Waals surface area contributed by atoms with Gasteiger partial charge in [0.15, 0.2) is 0 Å². The maximum atomic E-state index is 13.1. The highest BCUT2D eigenvalue weighted by Gasteiger charge is 2.25. The SMILES string of the molecule is O=C(c1cn(CCC2CCN(c3ccccc3)C2)c2ccccc12)N1CCOCC1. The number of para-hydroxylation sites is 2. The summed E-state index contributed by atoms with van der Waals surface area (Å²) in [7, 11) is 0. The van der Waals surface area contributed by atoms with E-state index in [1.54, 1.807) is 0 Å². The number of rotatable bonds is 5. The lowest BCUT2D eigenvalue weighted by atomic mass is 10.1. The van der Waals surface area contributed by atoms with Crippen molar-refractivity contribution < 1.29 is 9.53 Å². The van der Waals surface area contributed by atoms with Crippen molar-refractivity contribution >= 4 is 22.5 Å². The predicted molar refractivity (Wildman–Crippen MR) is 120 cm³/mol. The molecule has 5 nitrogen and oxygen atoms in total. The largest absolute Gasteiger partial charge is 0.378 e. The molecule has 2 saturated heterocycles. The van der Waals surface area contributed by atoms with Crippen molar-refractivity contribution in [2.45, 2.75) is 19.4 Å². The van der Waals surface area contributed by atoms with Crippen LogP contribution < -0.4 is 4.90 Å². The second kappa shape index (κ2) is 8.52. The van der Waals surface area contributed by atoms with Crippen molar-refractivity contribution in [3.05, 3.63) is 66.4 Å². The Bertz CT molecular complexity index is 1010. The Hall–Kier alpha value is -2.79. The average molecular weight is 404 g/mol. The van der Waals surface area contributed by atoms with Gasteiger partial charge in [-0.05, 0) is 37.0 Å². The monoisotopic (exact) mass is 403 g/mol. The van der Waals surface area contributed by atoms with Gasteiger partial charge in [0.1, 0.15) is 0 Å². The van der Waals surface area contributed by atoms with Gasteiger partial charge >= 0.3 is 0 Å². The van der Waals surface area contributed by atoms with Gasteiger partial charge < -0.3 is 19.1 Å². The Kier molecular flexibility index (Phi) is 5.45. The summed E-state index contributed by atoms with van der Waals surface area (Å²) in [6.07, 6.45) is 4.44. The molecule has 2 aliphatic heterocycles. The van der Waals surface area contributed by atoms with Gasteiger partial charge in [-0.2, -0.15) is 0 Å². The van der Waals surface area contributed by atoms with E-state index in [9.17, 15) is 4.79 Å². The van der Waals surface area contributed by atoms with Crippen molar-refractivity contribution in [3.8, 4) is 0 Å². The van der Waals surface area contributed by atoms with Crippen LogP contribution in [0.2, 0.25) is 0 Å². The van der Waals surface area contributed by atoms with E-state index in [0.29, 0.717) is 32.2 Å². The van der Waals surface area contributed by atoms with Crippen molar-refractivity contribution in [1.82, 2.24) is 9.47 Å². The molecule has 0 saturated carbocycles. The van der Waals surface area contributed by atoms with E-state index in [0.717, 1.165) is 42.5 Å². The van der Waals surface area contributed by atoms with E-state index < -0.39 is 0 Å². The number of hydrogen-bond donors (Lipinski definition) is 0. The Morgan fingerprint density at radius 1 is 0.967 bits per heavy atom. The van der Waals surface area contributed by atoms with Crippen LogP contribution in [-0.4, -0.2) is 54.8 Å². The number of nitrogens with zero attached hydrogens (tertiary/aromatic N) is 3. The van der Waals surface area contributed by atoms with E-state index >= 15 is 0 Å². The Labute approximate surface area is 177 Å². The van der Waals surface area contributed by atoms with Crippen molar-refractivity contribution in [3.63, 3.8) is 0 Å². The topological polar surface area (TPSA) is 37.7 Å². The van der Waals surface area contributed by atoms with Gasteiger partial charge in [0, 0.05) is 55.5 Å². The predicted octanol–water partition coefficient (Wildman–Crippen LogP) is 4.03. The second-order valence-electron chi connectivity index (χ2n) is 8.38. The van der Waals surface area contributed by atoms with Gasteiger partial charge in [-0.1, -0.05) is 36.4 Å². The molecule has 0 radical (unpaired) electrons. The fraction of sp³-hybridized carbons (Fsp3) is 0.400. The molecule has 1 amide bonds. The summed E-state index contributed by atoms with van der Waals surface area (Å²) in [6, 6.07) is 19.0. The molecule has 156 valence electrons. The molecule has 2 aliphatic rings. The van der Waals surface area contributed by atoms with Crippen LogP contribution in [0.1, 0.15) is 23.2 Å². The van der Waals surface area contributed by atoms with Gasteiger partial charge in [0.05, 0.1) is 18.8 Å². The Morgan fingerprint density at radius 3 is 2.57 bits per heavy atom. The smallest absolute Gasteiger partial charge is 0.256 e. The third kappa shape index (κ3) is 3.82. The van der Waals surface area contributed by atoms with E-state index in [4.69, 9.17) is 4.74 Å². The number of carbonyl (C=O) groups is 1. The number of aromatic nitrogens is 1. The lowest BCUT2D eigenvalue weighted by Crippen LogP contribution is -2.40. The summed E-state index contributed by atoms with van der Waals surface area (Å²) in [5.41, 5.74) is 3.31. The fourth-order valence-electron chi connectivity index (χ4n) is 4.80. The van der Waals surface area contributed by atoms with Crippen molar-refractivity contribution in [2.75, 3.05) is 44.3 Å². The standard InChI is InChI=1S/C25H29N3O2/c29-25(26-14-16-30-17-15-26)23-19-28(24-9-5-4-8-22(23)24)13-11-20-10-12-27(18-20)21-6-2-1-3-7-21/h1-9,19-20H,10-18H2. The Balaban J connectivity index is 1.30. The molecule has 0 N–H and O–H groups in total. The lowest BCUT2D eigenvalue weighted by Gasteiger charge is -2.26. The number of carbonyl (C=O) groups excluding carboxylic acids is 1. The summed E-state index contributed by atoms with van der Waals surface area (Å²) in [6.45, 7) is 5.80. The van der Waals surface area contributed by atoms with E-state index in [2.05, 4.69) is 64.2 Å². The molecular formula is C25H29N3O2. The number of amides is 1. The minimum absolute atomic E-state index is 0.129. The molecule has 3 aromatic rings. The lowest BCUT2D eigenvalue weighted by molar-refractivity contribution is 0.0304. The zero-order valence-electron chi connectivity index (χ0n) is 17.4. The third-order valence-electron chi connectivity index (χ3n) is 6.50. The van der Waals surface area contributed by atoms with Crippen LogP contribution in [-0.2, 0) is 11.3 Å². The molecule has 0 bridgehead atoms. The molecule has 0 spiro atoms. The first kappa shape index (κ1) is 19.2. The summed E-state index contributed by atoms with van der Waals surface area (Å²) < 4.78 is 7.70. The van der Waals surface area contributed by atoms with Crippen molar-refractivity contribution in [2.24, 2.45) is 5.92 Å². The Morgan fingerprint density at radius 2 is 1.73 bits per heavy atom. The highest BCUT2D eigenvalue weighted by molar-refractivity contribution is 6.07. The average Bonchev–Trinajstić information content (AvgIpc) is 3.43. The summed E-state index contributed by atoms with van der Waals surface area (Å²) in [5.74, 6) is 0.814. The number of aryl methyl sites for hydroxylation is 1. The van der Waals surface area contributed by atoms with Crippen LogP contribution in [0.15, 0.2) is 60.8 Å². The van der Waals surface area contributed by atoms with Crippen molar-refractivity contribution in [1.29, 1.82) is 0 Å². The maximum Gasteiger partial charge on any atom is 0.256 e. The molecule has 1 unspecified atom stereocenters. The first-order chi connectivity index (χ1) is 14.8. The van der Waals surface area contributed by atoms with E-state index in [1.165, 1.54) is 12.1 Å². The van der Waals surface area contributed by atoms with Crippen LogP contribution >= 0.6 is 0 Å². The highest BCUT2D eigenvalue weighted by atomic mass is 16.5. The van der Waals surface area contributed by atoms with Gasteiger partial charge in [-0.15, -0.1) is 0 Å². The molecule has 5 heteroatoms. The number of ether oxygens (including phenoxy) is 1. The zero-order valence-corrected chi connectivity index (χ0v) is 17.4.